The van der Waals surface area contributed by atoms with Crippen molar-refractivity contribution in [2.45, 2.75) is 38.8 Å². The lowest BCUT2D eigenvalue weighted by Gasteiger charge is -2.48. The fourth-order valence-corrected chi connectivity index (χ4v) is 4.63. The number of piperidine rings is 1. The number of aryl methyl sites for hydroxylation is 1. The SMILES string of the molecule is CC(=O)N(c1ccccc1)C1(c2cccc(C)n2)CCN(Cc2ccccc2)CC1.O=C(O)C(=O)O. The molecule has 188 valence electrons. The zero-order valence-corrected chi connectivity index (χ0v) is 20.5. The van der Waals surface area contributed by atoms with E-state index in [4.69, 9.17) is 24.8 Å². The third-order valence-corrected chi connectivity index (χ3v) is 6.24. The van der Waals surface area contributed by atoms with E-state index in [0.29, 0.717) is 0 Å². The molecule has 36 heavy (non-hydrogen) atoms. The van der Waals surface area contributed by atoms with Crippen molar-refractivity contribution in [3.8, 4) is 0 Å². The second-order valence-electron chi connectivity index (χ2n) is 8.76. The van der Waals surface area contributed by atoms with Gasteiger partial charge in [0.25, 0.3) is 0 Å². The smallest absolute Gasteiger partial charge is 0.414 e. The largest absolute Gasteiger partial charge is 0.473 e. The number of amides is 1. The van der Waals surface area contributed by atoms with E-state index < -0.39 is 17.5 Å². The van der Waals surface area contributed by atoms with Crippen LogP contribution in [0.1, 0.15) is 36.7 Å². The number of aromatic nitrogens is 1. The Labute approximate surface area is 210 Å². The number of carbonyl (C=O) groups is 3. The van der Waals surface area contributed by atoms with E-state index in [9.17, 15) is 4.79 Å². The summed E-state index contributed by atoms with van der Waals surface area (Å²) >= 11 is 0. The first-order valence-corrected chi connectivity index (χ1v) is 11.8. The molecule has 1 amide bonds. The van der Waals surface area contributed by atoms with Crippen molar-refractivity contribution in [3.63, 3.8) is 0 Å². The molecule has 1 aliphatic rings. The average Bonchev–Trinajstić information content (AvgIpc) is 2.87. The van der Waals surface area contributed by atoms with Gasteiger partial charge in [0, 0.05) is 37.9 Å². The van der Waals surface area contributed by atoms with Crippen molar-refractivity contribution >= 4 is 23.5 Å². The normalized spacial score (nSPS) is 14.7. The predicted molar refractivity (Wildman–Crippen MR) is 136 cm³/mol. The predicted octanol–water partition coefficient (Wildman–Crippen LogP) is 4.09. The summed E-state index contributed by atoms with van der Waals surface area (Å²) < 4.78 is 0. The molecule has 0 atom stereocenters. The number of carbonyl (C=O) groups excluding carboxylic acids is 1. The van der Waals surface area contributed by atoms with E-state index >= 15 is 0 Å². The quantitative estimate of drug-likeness (QED) is 0.519. The van der Waals surface area contributed by atoms with Gasteiger partial charge in [-0.15, -0.1) is 0 Å². The molecular weight excluding hydrogens is 458 g/mol. The molecule has 3 aromatic rings. The molecule has 2 heterocycles. The van der Waals surface area contributed by atoms with Crippen molar-refractivity contribution in [2.75, 3.05) is 18.0 Å². The number of benzene rings is 2. The van der Waals surface area contributed by atoms with E-state index in [2.05, 4.69) is 47.4 Å². The molecule has 0 unspecified atom stereocenters. The monoisotopic (exact) mass is 489 g/mol. The third kappa shape index (κ3) is 6.55. The highest BCUT2D eigenvalue weighted by Gasteiger charge is 2.44. The lowest BCUT2D eigenvalue weighted by molar-refractivity contribution is -0.159. The average molecular weight is 490 g/mol. The van der Waals surface area contributed by atoms with Gasteiger partial charge in [0.1, 0.15) is 0 Å². The Morgan fingerprint density at radius 3 is 1.92 bits per heavy atom. The molecule has 8 heteroatoms. The van der Waals surface area contributed by atoms with Gasteiger partial charge in [-0.1, -0.05) is 54.6 Å². The number of anilines is 1. The summed E-state index contributed by atoms with van der Waals surface area (Å²) in [6.07, 6.45) is 1.70. The fraction of sp³-hybridized carbons (Fsp3) is 0.286. The van der Waals surface area contributed by atoms with Gasteiger partial charge in [-0.25, -0.2) is 9.59 Å². The molecule has 0 radical (unpaired) electrons. The van der Waals surface area contributed by atoms with Crippen molar-refractivity contribution in [3.05, 3.63) is 95.8 Å². The molecule has 0 bridgehead atoms. The van der Waals surface area contributed by atoms with Crippen molar-refractivity contribution in [1.82, 2.24) is 9.88 Å². The number of nitrogens with zero attached hydrogens (tertiary/aromatic N) is 3. The maximum atomic E-state index is 13.0. The molecular formula is C28H31N3O5. The Hall–Kier alpha value is -4.04. The molecule has 0 aliphatic carbocycles. The van der Waals surface area contributed by atoms with E-state index in [1.54, 1.807) is 6.92 Å². The molecule has 1 saturated heterocycles. The maximum absolute atomic E-state index is 13.0. The van der Waals surface area contributed by atoms with Gasteiger partial charge in [0.15, 0.2) is 0 Å². The molecule has 2 N–H and O–H groups in total. The Balaban J connectivity index is 0.000000538. The summed E-state index contributed by atoms with van der Waals surface area (Å²) in [6.45, 7) is 6.45. The van der Waals surface area contributed by atoms with Crippen molar-refractivity contribution in [1.29, 1.82) is 0 Å². The Morgan fingerprint density at radius 1 is 0.861 bits per heavy atom. The minimum Gasteiger partial charge on any atom is -0.473 e. The number of carboxylic acids is 2. The number of rotatable bonds is 5. The zero-order chi connectivity index (χ0) is 26.1. The van der Waals surface area contributed by atoms with Crippen LogP contribution in [-0.4, -0.2) is 51.0 Å². The van der Waals surface area contributed by atoms with Gasteiger partial charge < -0.3 is 15.1 Å². The standard InChI is InChI=1S/C26H29N3O.C2H2O4/c1-21-10-9-15-25(27-21)26(29(22(2)30)24-13-7-4-8-14-24)16-18-28(19-17-26)20-23-11-5-3-6-12-23;3-1(4)2(5)6/h3-15H,16-20H2,1-2H3;(H,3,4)(H,5,6). The Morgan fingerprint density at radius 2 is 1.42 bits per heavy atom. The number of carboxylic acid groups (broad SMARTS) is 2. The molecule has 0 spiro atoms. The first-order chi connectivity index (χ1) is 17.2. The fourth-order valence-electron chi connectivity index (χ4n) is 4.63. The summed E-state index contributed by atoms with van der Waals surface area (Å²) in [4.78, 5) is 40.5. The Bertz CT molecular complexity index is 1160. The van der Waals surface area contributed by atoms with Crippen LogP contribution < -0.4 is 4.90 Å². The molecule has 8 nitrogen and oxygen atoms in total. The summed E-state index contributed by atoms with van der Waals surface area (Å²) in [5.74, 6) is -3.59. The summed E-state index contributed by atoms with van der Waals surface area (Å²) in [6, 6.07) is 26.8. The summed E-state index contributed by atoms with van der Waals surface area (Å²) in [5, 5.41) is 14.8. The van der Waals surface area contributed by atoms with Crippen LogP contribution in [0, 0.1) is 6.92 Å². The molecule has 1 aliphatic heterocycles. The highest BCUT2D eigenvalue weighted by Crippen LogP contribution is 2.41. The summed E-state index contributed by atoms with van der Waals surface area (Å²) in [7, 11) is 0. The topological polar surface area (TPSA) is 111 Å². The van der Waals surface area contributed by atoms with Gasteiger partial charge in [-0.3, -0.25) is 14.7 Å². The van der Waals surface area contributed by atoms with Gasteiger partial charge in [0.05, 0.1) is 11.2 Å². The lowest BCUT2D eigenvalue weighted by Crippen LogP contribution is -2.55. The molecule has 1 fully saturated rings. The van der Waals surface area contributed by atoms with Crippen LogP contribution in [0.15, 0.2) is 78.9 Å². The number of aliphatic carboxylic acids is 2. The second-order valence-corrected chi connectivity index (χ2v) is 8.76. The highest BCUT2D eigenvalue weighted by molar-refractivity contribution is 6.27. The number of hydrogen-bond acceptors (Lipinski definition) is 5. The lowest BCUT2D eigenvalue weighted by atomic mass is 9.81. The van der Waals surface area contributed by atoms with Crippen LogP contribution in [0.5, 0.6) is 0 Å². The van der Waals surface area contributed by atoms with Crippen LogP contribution in [0.4, 0.5) is 5.69 Å². The number of pyridine rings is 1. The molecule has 2 aromatic carbocycles. The van der Waals surface area contributed by atoms with Gasteiger partial charge >= 0.3 is 11.9 Å². The van der Waals surface area contributed by atoms with Crippen LogP contribution in [0.2, 0.25) is 0 Å². The number of hydrogen-bond donors (Lipinski definition) is 2. The van der Waals surface area contributed by atoms with E-state index in [-0.39, 0.29) is 5.91 Å². The van der Waals surface area contributed by atoms with E-state index in [1.807, 2.05) is 48.2 Å². The van der Waals surface area contributed by atoms with E-state index in [0.717, 1.165) is 49.6 Å². The zero-order valence-electron chi connectivity index (χ0n) is 20.5. The van der Waals surface area contributed by atoms with Gasteiger partial charge in [0.2, 0.25) is 5.91 Å². The van der Waals surface area contributed by atoms with Gasteiger partial charge in [-0.05, 0) is 49.6 Å². The summed E-state index contributed by atoms with van der Waals surface area (Å²) in [5.41, 5.74) is 3.79. The Kier molecular flexibility index (Phi) is 8.91. The van der Waals surface area contributed by atoms with E-state index in [1.165, 1.54) is 5.56 Å². The molecule has 4 rings (SSSR count). The van der Waals surface area contributed by atoms with Gasteiger partial charge in [-0.2, -0.15) is 0 Å². The van der Waals surface area contributed by atoms with Crippen molar-refractivity contribution in [2.24, 2.45) is 0 Å². The van der Waals surface area contributed by atoms with Crippen LogP contribution >= 0.6 is 0 Å². The number of para-hydroxylation sites is 1. The maximum Gasteiger partial charge on any atom is 0.414 e. The second kappa shape index (κ2) is 12.1. The first kappa shape index (κ1) is 26.6. The van der Waals surface area contributed by atoms with Crippen LogP contribution in [-0.2, 0) is 26.5 Å². The van der Waals surface area contributed by atoms with Crippen molar-refractivity contribution < 1.29 is 24.6 Å². The first-order valence-electron chi connectivity index (χ1n) is 11.8. The number of likely N-dealkylation sites (tertiary alicyclic amines) is 1. The molecule has 0 saturated carbocycles. The molecule has 1 aromatic heterocycles. The third-order valence-electron chi connectivity index (χ3n) is 6.24. The van der Waals surface area contributed by atoms with Crippen LogP contribution in [0.25, 0.3) is 0 Å². The highest BCUT2D eigenvalue weighted by atomic mass is 16.4. The van der Waals surface area contributed by atoms with Crippen LogP contribution in [0.3, 0.4) is 0 Å². The minimum atomic E-state index is -1.82. The minimum absolute atomic E-state index is 0.0565.